The minimum absolute atomic E-state index is 0.0627. The van der Waals surface area contributed by atoms with Gasteiger partial charge in [0, 0.05) is 5.41 Å². The maximum Gasteiger partial charge on any atom is 0.0159 e. The lowest BCUT2D eigenvalue weighted by Crippen LogP contribution is -2.14. The van der Waals surface area contributed by atoms with Crippen molar-refractivity contribution in [3.63, 3.8) is 0 Å². The monoisotopic (exact) mass is 572 g/mol. The average molecular weight is 573 g/mol. The Labute approximate surface area is 264 Å². The summed E-state index contributed by atoms with van der Waals surface area (Å²) in [4.78, 5) is 0. The molecule has 0 saturated heterocycles. The molecule has 0 nitrogen and oxygen atoms in total. The Hall–Kier alpha value is -5.46. The largest absolute Gasteiger partial charge is 0.0619 e. The van der Waals surface area contributed by atoms with Gasteiger partial charge >= 0.3 is 0 Å². The zero-order valence-electron chi connectivity index (χ0n) is 25.5. The van der Waals surface area contributed by atoms with Crippen LogP contribution < -0.4 is 0 Å². The Morgan fingerprint density at radius 1 is 0.311 bits per heavy atom. The van der Waals surface area contributed by atoms with Crippen LogP contribution in [0, 0.1) is 0 Å². The maximum atomic E-state index is 2.49. The summed E-state index contributed by atoms with van der Waals surface area (Å²) in [5.41, 5.74) is 13.0. The van der Waals surface area contributed by atoms with Crippen molar-refractivity contribution in [2.75, 3.05) is 0 Å². The second-order valence-electron chi connectivity index (χ2n) is 12.9. The van der Waals surface area contributed by atoms with Crippen LogP contribution in [0.3, 0.4) is 0 Å². The Bertz CT molecular complexity index is 2430. The second-order valence-corrected chi connectivity index (χ2v) is 12.9. The molecule has 0 bridgehead atoms. The van der Waals surface area contributed by atoms with Crippen LogP contribution >= 0.6 is 0 Å². The molecular formula is C45H32. The van der Waals surface area contributed by atoms with Crippen molar-refractivity contribution in [2.24, 2.45) is 0 Å². The zero-order chi connectivity index (χ0) is 30.1. The highest BCUT2D eigenvalue weighted by molar-refractivity contribution is 6.11. The van der Waals surface area contributed by atoms with Gasteiger partial charge in [-0.1, -0.05) is 153 Å². The average Bonchev–Trinajstić information content (AvgIpc) is 3.32. The van der Waals surface area contributed by atoms with Gasteiger partial charge in [0.05, 0.1) is 0 Å². The van der Waals surface area contributed by atoms with E-state index in [1.54, 1.807) is 0 Å². The fraction of sp³-hybridized carbons (Fsp3) is 0.0667. The third kappa shape index (κ3) is 3.99. The molecule has 0 unspecified atom stereocenters. The van der Waals surface area contributed by atoms with E-state index >= 15 is 0 Å². The van der Waals surface area contributed by atoms with Crippen LogP contribution in [0.15, 0.2) is 158 Å². The number of hydrogen-bond acceptors (Lipinski definition) is 0. The van der Waals surface area contributed by atoms with Crippen molar-refractivity contribution in [3.8, 4) is 44.5 Å². The molecule has 8 aromatic carbocycles. The summed E-state index contributed by atoms with van der Waals surface area (Å²) >= 11 is 0. The molecule has 0 fully saturated rings. The molecule has 0 heterocycles. The highest BCUT2D eigenvalue weighted by Crippen LogP contribution is 2.51. The minimum atomic E-state index is -0.0627. The van der Waals surface area contributed by atoms with Gasteiger partial charge in [-0.25, -0.2) is 0 Å². The quantitative estimate of drug-likeness (QED) is 0.197. The van der Waals surface area contributed by atoms with Gasteiger partial charge in [0.1, 0.15) is 0 Å². The van der Waals surface area contributed by atoms with Crippen LogP contribution in [0.25, 0.3) is 76.8 Å². The Balaban J connectivity index is 1.26. The first kappa shape index (κ1) is 26.0. The number of hydrogen-bond donors (Lipinski definition) is 0. The molecular weight excluding hydrogens is 540 g/mol. The van der Waals surface area contributed by atoms with Crippen LogP contribution in [0.2, 0.25) is 0 Å². The smallest absolute Gasteiger partial charge is 0.0159 e. The van der Waals surface area contributed by atoms with Gasteiger partial charge in [0.2, 0.25) is 0 Å². The maximum absolute atomic E-state index is 2.49. The standard InChI is InChI=1S/C45H32/c1-45(2)43-17-8-7-15-39(43)42-27-40-38(37-16-9-13-31-11-5-6-14-35(31)37)25-24-36(41(40)28-44(42)45)32-21-18-30(19-22-32)34-23-20-29-10-3-4-12-33(29)26-34/h3-28H,1-2H3. The summed E-state index contributed by atoms with van der Waals surface area (Å²) in [6.07, 6.45) is 0. The third-order valence-electron chi connectivity index (χ3n) is 10.1. The van der Waals surface area contributed by atoms with E-state index < -0.39 is 0 Å². The molecule has 0 aromatic heterocycles. The highest BCUT2D eigenvalue weighted by Gasteiger charge is 2.35. The first-order chi connectivity index (χ1) is 22.1. The molecule has 0 atom stereocenters. The molecule has 0 spiro atoms. The van der Waals surface area contributed by atoms with E-state index in [0.29, 0.717) is 0 Å². The van der Waals surface area contributed by atoms with Crippen molar-refractivity contribution < 1.29 is 0 Å². The van der Waals surface area contributed by atoms with E-state index in [0.717, 1.165) is 0 Å². The molecule has 9 rings (SSSR count). The lowest BCUT2D eigenvalue weighted by molar-refractivity contribution is 0.661. The zero-order valence-corrected chi connectivity index (χ0v) is 25.5. The molecule has 1 aliphatic rings. The highest BCUT2D eigenvalue weighted by atomic mass is 14.4. The van der Waals surface area contributed by atoms with E-state index in [9.17, 15) is 0 Å². The molecule has 1 aliphatic carbocycles. The van der Waals surface area contributed by atoms with Crippen molar-refractivity contribution in [1.82, 2.24) is 0 Å². The fourth-order valence-corrected chi connectivity index (χ4v) is 7.70. The Kier molecular flexibility index (Phi) is 5.64. The topological polar surface area (TPSA) is 0 Å². The number of fused-ring (bicyclic) bond motifs is 6. The molecule has 0 radical (unpaired) electrons. The van der Waals surface area contributed by atoms with E-state index in [1.807, 2.05) is 0 Å². The number of rotatable bonds is 3. The van der Waals surface area contributed by atoms with Gasteiger partial charge in [0.15, 0.2) is 0 Å². The summed E-state index contributed by atoms with van der Waals surface area (Å²) in [5, 5.41) is 7.70. The van der Waals surface area contributed by atoms with Crippen LogP contribution in [0.5, 0.6) is 0 Å². The molecule has 0 heteroatoms. The van der Waals surface area contributed by atoms with Crippen molar-refractivity contribution in [3.05, 3.63) is 169 Å². The van der Waals surface area contributed by atoms with E-state index in [4.69, 9.17) is 0 Å². The minimum Gasteiger partial charge on any atom is -0.0619 e. The lowest BCUT2D eigenvalue weighted by atomic mass is 9.80. The Morgan fingerprint density at radius 2 is 0.911 bits per heavy atom. The van der Waals surface area contributed by atoms with Crippen molar-refractivity contribution in [2.45, 2.75) is 19.3 Å². The van der Waals surface area contributed by atoms with Crippen molar-refractivity contribution in [1.29, 1.82) is 0 Å². The molecule has 0 aliphatic heterocycles. The fourth-order valence-electron chi connectivity index (χ4n) is 7.70. The molecule has 45 heavy (non-hydrogen) atoms. The van der Waals surface area contributed by atoms with Crippen LogP contribution in [-0.2, 0) is 5.41 Å². The van der Waals surface area contributed by atoms with Crippen LogP contribution in [0.4, 0.5) is 0 Å². The van der Waals surface area contributed by atoms with Gasteiger partial charge in [-0.3, -0.25) is 0 Å². The first-order valence-electron chi connectivity index (χ1n) is 15.9. The Morgan fingerprint density at radius 3 is 1.78 bits per heavy atom. The molecule has 0 amide bonds. The molecule has 8 aromatic rings. The summed E-state index contributed by atoms with van der Waals surface area (Å²) in [5.74, 6) is 0. The summed E-state index contributed by atoms with van der Waals surface area (Å²) in [7, 11) is 0. The predicted octanol–water partition coefficient (Wildman–Crippen LogP) is 12.5. The summed E-state index contributed by atoms with van der Waals surface area (Å²) in [6.45, 7) is 4.74. The van der Waals surface area contributed by atoms with Gasteiger partial charge in [-0.2, -0.15) is 0 Å². The lowest BCUT2D eigenvalue weighted by Gasteiger charge is -2.23. The van der Waals surface area contributed by atoms with Crippen LogP contribution in [-0.4, -0.2) is 0 Å². The van der Waals surface area contributed by atoms with Gasteiger partial charge < -0.3 is 0 Å². The van der Waals surface area contributed by atoms with Gasteiger partial charge in [-0.15, -0.1) is 0 Å². The van der Waals surface area contributed by atoms with Gasteiger partial charge in [0.25, 0.3) is 0 Å². The SMILES string of the molecule is CC1(C)c2ccccc2-c2cc3c(-c4cccc5ccccc45)ccc(-c4ccc(-c5ccc6ccccc6c5)cc4)c3cc21. The van der Waals surface area contributed by atoms with E-state index in [2.05, 4.69) is 172 Å². The normalized spacial score (nSPS) is 13.3. The summed E-state index contributed by atoms with van der Waals surface area (Å²) < 4.78 is 0. The van der Waals surface area contributed by atoms with Gasteiger partial charge in [-0.05, 0) is 106 Å². The molecule has 212 valence electrons. The second kappa shape index (κ2) is 9.78. The summed E-state index contributed by atoms with van der Waals surface area (Å²) in [6, 6.07) is 58.5. The predicted molar refractivity (Wildman–Crippen MR) is 193 cm³/mol. The van der Waals surface area contributed by atoms with E-state index in [1.165, 1.54) is 88.0 Å². The third-order valence-corrected chi connectivity index (χ3v) is 10.1. The number of benzene rings is 8. The van der Waals surface area contributed by atoms with Crippen LogP contribution in [0.1, 0.15) is 25.0 Å². The first-order valence-corrected chi connectivity index (χ1v) is 15.9. The molecule has 0 saturated carbocycles. The van der Waals surface area contributed by atoms with Crippen molar-refractivity contribution >= 4 is 32.3 Å². The molecule has 0 N–H and O–H groups in total. The van der Waals surface area contributed by atoms with E-state index in [-0.39, 0.29) is 5.41 Å².